The number of aromatic nitrogens is 2. The molecule has 4 rings (SSSR count). The number of nitrogens with one attached hydrogen (secondary N) is 2. The predicted molar refractivity (Wildman–Crippen MR) is 130 cm³/mol. The van der Waals surface area contributed by atoms with Crippen molar-refractivity contribution < 1.29 is 9.18 Å². The van der Waals surface area contributed by atoms with Crippen LogP contribution in [0.5, 0.6) is 0 Å². The number of halogens is 1. The molecule has 0 bridgehead atoms. The highest BCUT2D eigenvalue weighted by Crippen LogP contribution is 2.40. The number of aryl methyl sites for hydroxylation is 2. The van der Waals surface area contributed by atoms with Gasteiger partial charge in [0.05, 0.1) is 17.8 Å². The Hall–Kier alpha value is -3.15. The van der Waals surface area contributed by atoms with Crippen LogP contribution in [0, 0.1) is 12.7 Å². The maximum Gasteiger partial charge on any atom is 0.256 e. The lowest BCUT2D eigenvalue weighted by atomic mass is 9.88. The number of hydrogen-bond acceptors (Lipinski definition) is 3. The zero-order valence-electron chi connectivity index (χ0n) is 19.9. The molecule has 5 nitrogen and oxygen atoms in total. The number of hydrogen-bond donors (Lipinski definition) is 2. The molecule has 2 heterocycles. The molecule has 0 radical (unpaired) electrons. The predicted octanol–water partition coefficient (Wildman–Crippen LogP) is 5.76. The van der Waals surface area contributed by atoms with E-state index in [1.54, 1.807) is 18.3 Å². The highest BCUT2D eigenvalue weighted by molar-refractivity contribution is 5.99. The number of amides is 1. The number of rotatable bonds is 7. The van der Waals surface area contributed by atoms with Crippen molar-refractivity contribution in [1.29, 1.82) is 0 Å². The van der Waals surface area contributed by atoms with E-state index < -0.39 is 0 Å². The van der Waals surface area contributed by atoms with Crippen LogP contribution in [0.3, 0.4) is 0 Å². The molecule has 1 aliphatic heterocycles. The van der Waals surface area contributed by atoms with Crippen LogP contribution in [-0.2, 0) is 12.0 Å². The summed E-state index contributed by atoms with van der Waals surface area (Å²) in [6.07, 6.45) is 4.91. The van der Waals surface area contributed by atoms with Crippen molar-refractivity contribution >= 4 is 11.7 Å². The van der Waals surface area contributed by atoms with Gasteiger partial charge in [0.2, 0.25) is 0 Å². The normalized spacial score (nSPS) is 17.7. The second-order valence-corrected chi connectivity index (χ2v) is 9.66. The third-order valence-corrected chi connectivity index (χ3v) is 6.61. The molecule has 0 saturated carbocycles. The van der Waals surface area contributed by atoms with Gasteiger partial charge in [-0.05, 0) is 58.1 Å². The fraction of sp³-hybridized carbons (Fsp3) is 0.407. The van der Waals surface area contributed by atoms with Crippen molar-refractivity contribution in [1.82, 2.24) is 15.1 Å². The van der Waals surface area contributed by atoms with Gasteiger partial charge >= 0.3 is 0 Å². The molecule has 1 aromatic heterocycles. The maximum atomic E-state index is 14.5. The average Bonchev–Trinajstić information content (AvgIpc) is 3.23. The first-order valence-corrected chi connectivity index (χ1v) is 11.7. The van der Waals surface area contributed by atoms with Crippen molar-refractivity contribution in [3.05, 3.63) is 82.8 Å². The number of benzene rings is 2. The first-order valence-electron chi connectivity index (χ1n) is 11.7. The van der Waals surface area contributed by atoms with Crippen LogP contribution in [0.2, 0.25) is 0 Å². The quantitative estimate of drug-likeness (QED) is 0.483. The number of carbonyl (C=O) groups is 1. The number of fused-ring (bicyclic) bond motifs is 1. The summed E-state index contributed by atoms with van der Waals surface area (Å²) in [4.78, 5) is 13.2. The molecular weight excluding hydrogens is 415 g/mol. The molecule has 1 aliphatic rings. The van der Waals surface area contributed by atoms with Crippen LogP contribution in [0.4, 0.5) is 10.2 Å². The summed E-state index contributed by atoms with van der Waals surface area (Å²) >= 11 is 0. The molecule has 2 aromatic carbocycles. The summed E-state index contributed by atoms with van der Waals surface area (Å²) in [6.45, 7) is 8.30. The van der Waals surface area contributed by atoms with Gasteiger partial charge in [0, 0.05) is 11.6 Å². The van der Waals surface area contributed by atoms with Gasteiger partial charge in [-0.2, -0.15) is 5.10 Å². The molecule has 2 atom stereocenters. The van der Waals surface area contributed by atoms with Gasteiger partial charge in [-0.3, -0.25) is 4.79 Å². The molecule has 3 aromatic rings. The minimum Gasteiger partial charge on any atom is -0.363 e. The smallest absolute Gasteiger partial charge is 0.256 e. The topological polar surface area (TPSA) is 59.0 Å². The molecule has 6 heteroatoms. The van der Waals surface area contributed by atoms with Crippen molar-refractivity contribution in [3.8, 4) is 0 Å². The molecule has 33 heavy (non-hydrogen) atoms. The molecule has 0 saturated heterocycles. The third kappa shape index (κ3) is 4.95. The lowest BCUT2D eigenvalue weighted by Crippen LogP contribution is -2.39. The van der Waals surface area contributed by atoms with Crippen LogP contribution >= 0.6 is 0 Å². The second kappa shape index (κ2) is 9.38. The fourth-order valence-corrected chi connectivity index (χ4v) is 4.60. The minimum atomic E-state index is -0.359. The van der Waals surface area contributed by atoms with Crippen molar-refractivity contribution in [2.45, 2.75) is 71.0 Å². The highest BCUT2D eigenvalue weighted by Gasteiger charge is 2.37. The van der Waals surface area contributed by atoms with Crippen molar-refractivity contribution in [3.63, 3.8) is 0 Å². The zero-order chi connectivity index (χ0) is 23.6. The molecule has 0 aliphatic carbocycles. The second-order valence-electron chi connectivity index (χ2n) is 9.66. The number of carbonyl (C=O) groups excluding carboxylic acids is 1. The molecule has 174 valence electrons. The highest BCUT2D eigenvalue weighted by atomic mass is 19.1. The van der Waals surface area contributed by atoms with E-state index in [1.807, 2.05) is 10.7 Å². The summed E-state index contributed by atoms with van der Waals surface area (Å²) < 4.78 is 16.4. The minimum absolute atomic E-state index is 0.0633. The van der Waals surface area contributed by atoms with Crippen LogP contribution in [0.15, 0.2) is 54.7 Å². The van der Waals surface area contributed by atoms with E-state index in [4.69, 9.17) is 0 Å². The SMILES string of the molecule is CCC(CCc1ccc(C)cc1)NC(=O)c1cnn2c1NC(c1ccccc1F)CC2(C)C. The standard InChI is InChI=1S/C27H33FN4O/c1-5-20(15-14-19-12-10-18(2)11-13-19)30-26(33)22-17-29-32-25(22)31-24(16-27(32,3)4)21-8-6-7-9-23(21)28/h6-13,17,20,24,31H,5,14-16H2,1-4H3,(H,30,33). The van der Waals surface area contributed by atoms with Gasteiger partial charge in [0.1, 0.15) is 17.2 Å². The largest absolute Gasteiger partial charge is 0.363 e. The Morgan fingerprint density at radius 1 is 1.24 bits per heavy atom. The first kappa shape index (κ1) is 23.0. The Kier molecular flexibility index (Phi) is 6.54. The van der Waals surface area contributed by atoms with Crippen molar-refractivity contribution in [2.75, 3.05) is 5.32 Å². The van der Waals surface area contributed by atoms with Crippen LogP contribution in [0.1, 0.15) is 73.1 Å². The third-order valence-electron chi connectivity index (χ3n) is 6.61. The van der Waals surface area contributed by atoms with E-state index >= 15 is 0 Å². The first-order chi connectivity index (χ1) is 15.8. The van der Waals surface area contributed by atoms with Gasteiger partial charge in [0.25, 0.3) is 5.91 Å². The van der Waals surface area contributed by atoms with Gasteiger partial charge in [-0.1, -0.05) is 55.0 Å². The van der Waals surface area contributed by atoms with Crippen LogP contribution in [-0.4, -0.2) is 21.7 Å². The summed E-state index contributed by atoms with van der Waals surface area (Å²) in [7, 11) is 0. The fourth-order valence-electron chi connectivity index (χ4n) is 4.60. The zero-order valence-corrected chi connectivity index (χ0v) is 19.9. The molecule has 0 spiro atoms. The summed E-state index contributed by atoms with van der Waals surface area (Å²) in [5.41, 5.74) is 3.26. The van der Waals surface area contributed by atoms with Crippen molar-refractivity contribution in [2.24, 2.45) is 0 Å². The Bertz CT molecular complexity index is 1120. The Morgan fingerprint density at radius 2 is 1.97 bits per heavy atom. The number of anilines is 1. The van der Waals surface area contributed by atoms with E-state index in [9.17, 15) is 9.18 Å². The monoisotopic (exact) mass is 448 g/mol. The van der Waals surface area contributed by atoms with Gasteiger partial charge in [-0.25, -0.2) is 9.07 Å². The summed E-state index contributed by atoms with van der Waals surface area (Å²) in [5, 5.41) is 11.1. The number of nitrogens with zero attached hydrogens (tertiary/aromatic N) is 2. The molecule has 1 amide bonds. The summed E-state index contributed by atoms with van der Waals surface area (Å²) in [5.74, 6) is 0.252. The van der Waals surface area contributed by atoms with E-state index in [2.05, 4.69) is 67.7 Å². The average molecular weight is 449 g/mol. The van der Waals surface area contributed by atoms with Gasteiger partial charge < -0.3 is 10.6 Å². The van der Waals surface area contributed by atoms with Gasteiger partial charge in [-0.15, -0.1) is 0 Å². The Labute approximate surface area is 195 Å². The van der Waals surface area contributed by atoms with E-state index in [1.165, 1.54) is 17.2 Å². The van der Waals surface area contributed by atoms with E-state index in [-0.39, 0.29) is 29.3 Å². The summed E-state index contributed by atoms with van der Waals surface area (Å²) in [6, 6.07) is 15.2. The van der Waals surface area contributed by atoms with E-state index in [0.717, 1.165) is 19.3 Å². The lowest BCUT2D eigenvalue weighted by Gasteiger charge is -2.38. The van der Waals surface area contributed by atoms with Crippen LogP contribution < -0.4 is 10.6 Å². The van der Waals surface area contributed by atoms with Crippen LogP contribution in [0.25, 0.3) is 0 Å². The van der Waals surface area contributed by atoms with E-state index in [0.29, 0.717) is 23.4 Å². The van der Waals surface area contributed by atoms with Gasteiger partial charge in [0.15, 0.2) is 0 Å². The Balaban J connectivity index is 1.50. The molecule has 2 N–H and O–H groups in total. The lowest BCUT2D eigenvalue weighted by molar-refractivity contribution is 0.0934. The maximum absolute atomic E-state index is 14.5. The molecule has 2 unspecified atom stereocenters. The molecular formula is C27H33FN4O. The molecule has 0 fully saturated rings. The Morgan fingerprint density at radius 3 is 2.67 bits per heavy atom.